The van der Waals surface area contributed by atoms with Crippen LogP contribution in [-0.4, -0.2) is 33.5 Å². The lowest BCUT2D eigenvalue weighted by atomic mass is 10.2. The number of rotatable bonds is 5. The molecule has 0 spiro atoms. The standard InChI is InChI=1S/C16H16BrFN2O5/c17-10-4-2-1-3-9(10)7-24-8-13-12(21)5-14(25-13)20-6-11(18)15(22)19-16(20)23/h1-4,6,12-14,21H,5,7-8H2,(H,19,22,23)/t12?,13-,14-/m0/s1. The molecule has 0 radical (unpaired) electrons. The smallest absolute Gasteiger partial charge is 0.330 e. The van der Waals surface area contributed by atoms with Gasteiger partial charge in [-0.3, -0.25) is 14.3 Å². The SMILES string of the molecule is O=c1[nH]c(=O)n([C@@H]2CC(O)[C@H](COCc3ccccc3Br)O2)cc1F. The summed E-state index contributed by atoms with van der Waals surface area (Å²) in [5.41, 5.74) is -0.933. The van der Waals surface area contributed by atoms with Gasteiger partial charge in [-0.25, -0.2) is 4.79 Å². The summed E-state index contributed by atoms with van der Waals surface area (Å²) in [7, 11) is 0. The van der Waals surface area contributed by atoms with Crippen molar-refractivity contribution in [3.63, 3.8) is 0 Å². The number of hydrogen-bond acceptors (Lipinski definition) is 5. The van der Waals surface area contributed by atoms with Crippen LogP contribution in [0.1, 0.15) is 18.2 Å². The van der Waals surface area contributed by atoms with Crippen molar-refractivity contribution in [2.75, 3.05) is 6.61 Å². The van der Waals surface area contributed by atoms with Gasteiger partial charge < -0.3 is 14.6 Å². The molecule has 3 rings (SSSR count). The van der Waals surface area contributed by atoms with Crippen LogP contribution in [0, 0.1) is 5.82 Å². The molecular formula is C16H16BrFN2O5. The third-order valence-corrected chi connectivity index (χ3v) is 4.71. The lowest BCUT2D eigenvalue weighted by Crippen LogP contribution is -2.34. The van der Waals surface area contributed by atoms with Gasteiger partial charge in [-0.15, -0.1) is 0 Å². The molecule has 2 heterocycles. The molecule has 1 fully saturated rings. The van der Waals surface area contributed by atoms with Crippen LogP contribution in [0.4, 0.5) is 4.39 Å². The number of nitrogens with one attached hydrogen (secondary N) is 1. The first kappa shape index (κ1) is 18.0. The lowest BCUT2D eigenvalue weighted by Gasteiger charge is -2.16. The van der Waals surface area contributed by atoms with Gasteiger partial charge in [-0.05, 0) is 11.6 Å². The average molecular weight is 415 g/mol. The maximum absolute atomic E-state index is 13.4. The molecule has 0 aliphatic carbocycles. The van der Waals surface area contributed by atoms with E-state index >= 15 is 0 Å². The summed E-state index contributed by atoms with van der Waals surface area (Å²) in [5, 5.41) is 10.1. The third-order valence-electron chi connectivity index (χ3n) is 3.94. The Morgan fingerprint density at radius 2 is 2.16 bits per heavy atom. The molecule has 2 aromatic rings. The molecule has 2 N–H and O–H groups in total. The highest BCUT2D eigenvalue weighted by Crippen LogP contribution is 2.28. The van der Waals surface area contributed by atoms with Gasteiger partial charge in [-0.1, -0.05) is 34.1 Å². The molecule has 7 nitrogen and oxygen atoms in total. The zero-order chi connectivity index (χ0) is 18.0. The minimum Gasteiger partial charge on any atom is -0.390 e. The number of halogens is 2. The van der Waals surface area contributed by atoms with E-state index in [0.29, 0.717) is 6.61 Å². The Hall–Kier alpha value is -1.81. The maximum atomic E-state index is 13.4. The van der Waals surface area contributed by atoms with Crippen LogP contribution in [-0.2, 0) is 16.1 Å². The zero-order valence-electron chi connectivity index (χ0n) is 13.0. The topological polar surface area (TPSA) is 93.6 Å². The summed E-state index contributed by atoms with van der Waals surface area (Å²) in [4.78, 5) is 24.7. The van der Waals surface area contributed by atoms with Gasteiger partial charge >= 0.3 is 5.69 Å². The average Bonchev–Trinajstić information content (AvgIpc) is 2.93. The normalized spacial score (nSPS) is 23.1. The molecule has 1 aliphatic rings. The molecule has 1 aromatic carbocycles. The first-order valence-electron chi connectivity index (χ1n) is 7.61. The van der Waals surface area contributed by atoms with Crippen LogP contribution in [0.15, 0.2) is 44.5 Å². The summed E-state index contributed by atoms with van der Waals surface area (Å²) >= 11 is 3.42. The van der Waals surface area contributed by atoms with Crippen molar-refractivity contribution in [2.24, 2.45) is 0 Å². The van der Waals surface area contributed by atoms with Crippen LogP contribution in [0.5, 0.6) is 0 Å². The summed E-state index contributed by atoms with van der Waals surface area (Å²) in [5.74, 6) is -1.09. The van der Waals surface area contributed by atoms with Gasteiger partial charge in [0.1, 0.15) is 12.3 Å². The van der Waals surface area contributed by atoms with Crippen LogP contribution >= 0.6 is 15.9 Å². The van der Waals surface area contributed by atoms with Gasteiger partial charge in [0.25, 0.3) is 5.56 Å². The third kappa shape index (κ3) is 4.06. The van der Waals surface area contributed by atoms with E-state index in [1.165, 1.54) is 0 Å². The van der Waals surface area contributed by atoms with E-state index in [9.17, 15) is 19.1 Å². The number of aliphatic hydroxyl groups is 1. The van der Waals surface area contributed by atoms with Crippen LogP contribution in [0.2, 0.25) is 0 Å². The number of aromatic amines is 1. The predicted molar refractivity (Wildman–Crippen MR) is 89.6 cm³/mol. The van der Waals surface area contributed by atoms with E-state index < -0.39 is 35.5 Å². The fourth-order valence-corrected chi connectivity index (χ4v) is 3.01. The fourth-order valence-electron chi connectivity index (χ4n) is 2.61. The first-order valence-corrected chi connectivity index (χ1v) is 8.40. The number of aliphatic hydroxyl groups excluding tert-OH is 1. The molecular weight excluding hydrogens is 399 g/mol. The van der Waals surface area contributed by atoms with E-state index in [4.69, 9.17) is 9.47 Å². The Labute approximate surface area is 150 Å². The second-order valence-electron chi connectivity index (χ2n) is 5.68. The van der Waals surface area contributed by atoms with E-state index in [2.05, 4.69) is 15.9 Å². The van der Waals surface area contributed by atoms with Gasteiger partial charge in [0.15, 0.2) is 0 Å². The summed E-state index contributed by atoms with van der Waals surface area (Å²) in [6.07, 6.45) is -1.52. The molecule has 0 bridgehead atoms. The number of benzene rings is 1. The minimum atomic E-state index is -1.09. The highest BCUT2D eigenvalue weighted by atomic mass is 79.9. The van der Waals surface area contributed by atoms with Gasteiger partial charge in [0.2, 0.25) is 5.82 Å². The minimum absolute atomic E-state index is 0.0917. The van der Waals surface area contributed by atoms with Crippen molar-refractivity contribution in [3.05, 3.63) is 67.2 Å². The molecule has 0 amide bonds. The zero-order valence-corrected chi connectivity index (χ0v) is 14.6. The van der Waals surface area contributed by atoms with Gasteiger partial charge in [0.05, 0.1) is 25.5 Å². The van der Waals surface area contributed by atoms with Gasteiger partial charge in [0, 0.05) is 10.9 Å². The van der Waals surface area contributed by atoms with E-state index in [0.717, 1.165) is 20.8 Å². The molecule has 134 valence electrons. The Balaban J connectivity index is 1.62. The van der Waals surface area contributed by atoms with Crippen molar-refractivity contribution in [3.8, 4) is 0 Å². The summed E-state index contributed by atoms with van der Waals surface area (Å²) in [6.45, 7) is 0.436. The second-order valence-corrected chi connectivity index (χ2v) is 6.54. The second kappa shape index (κ2) is 7.61. The van der Waals surface area contributed by atoms with Crippen molar-refractivity contribution >= 4 is 15.9 Å². The lowest BCUT2D eigenvalue weighted by molar-refractivity contribution is -0.0670. The molecule has 1 aromatic heterocycles. The van der Waals surface area contributed by atoms with E-state index in [1.807, 2.05) is 29.2 Å². The Morgan fingerprint density at radius 3 is 2.92 bits per heavy atom. The highest BCUT2D eigenvalue weighted by Gasteiger charge is 2.35. The number of hydrogen-bond donors (Lipinski definition) is 2. The molecule has 9 heteroatoms. The van der Waals surface area contributed by atoms with Crippen molar-refractivity contribution in [2.45, 2.75) is 31.5 Å². The van der Waals surface area contributed by atoms with Crippen LogP contribution < -0.4 is 11.2 Å². The highest BCUT2D eigenvalue weighted by molar-refractivity contribution is 9.10. The Morgan fingerprint density at radius 1 is 1.40 bits per heavy atom. The summed E-state index contributed by atoms with van der Waals surface area (Å²) in [6, 6.07) is 7.58. The van der Waals surface area contributed by atoms with E-state index in [1.54, 1.807) is 0 Å². The van der Waals surface area contributed by atoms with E-state index in [-0.39, 0.29) is 13.0 Å². The van der Waals surface area contributed by atoms with Crippen molar-refractivity contribution < 1.29 is 19.0 Å². The fraction of sp³-hybridized carbons (Fsp3) is 0.375. The van der Waals surface area contributed by atoms with Crippen LogP contribution in [0.3, 0.4) is 0 Å². The largest absolute Gasteiger partial charge is 0.390 e. The summed E-state index contributed by atoms with van der Waals surface area (Å²) < 4.78 is 26.4. The molecule has 3 atom stereocenters. The number of nitrogens with zero attached hydrogens (tertiary/aromatic N) is 1. The molecule has 25 heavy (non-hydrogen) atoms. The monoisotopic (exact) mass is 414 g/mol. The number of H-pyrrole nitrogens is 1. The Kier molecular flexibility index (Phi) is 5.48. The quantitative estimate of drug-likeness (QED) is 0.768. The maximum Gasteiger partial charge on any atom is 0.330 e. The molecule has 1 aliphatic heterocycles. The number of ether oxygens (including phenoxy) is 2. The predicted octanol–water partition coefficient (Wildman–Crippen LogP) is 1.30. The first-order chi connectivity index (χ1) is 12.0. The number of aromatic nitrogens is 2. The molecule has 1 unspecified atom stereocenters. The van der Waals surface area contributed by atoms with Crippen molar-refractivity contribution in [1.82, 2.24) is 9.55 Å². The van der Waals surface area contributed by atoms with Crippen LogP contribution in [0.25, 0.3) is 0 Å². The molecule has 1 saturated heterocycles. The van der Waals surface area contributed by atoms with Crippen molar-refractivity contribution in [1.29, 1.82) is 0 Å². The molecule has 0 saturated carbocycles. The van der Waals surface area contributed by atoms with Gasteiger partial charge in [-0.2, -0.15) is 4.39 Å². The Bertz CT molecular complexity index is 868.